The predicted octanol–water partition coefficient (Wildman–Crippen LogP) is 7.54. The number of carbonyl (C=O) groups is 1. The number of carboxylic acid groups (broad SMARTS) is 1. The van der Waals surface area contributed by atoms with Crippen LogP contribution in [-0.4, -0.2) is 22.3 Å². The van der Waals surface area contributed by atoms with Gasteiger partial charge in [-0.25, -0.2) is 0 Å². The smallest absolute Gasteiger partial charge is 0.306 e. The summed E-state index contributed by atoms with van der Waals surface area (Å²) in [6.07, 6.45) is 12.3. The summed E-state index contributed by atoms with van der Waals surface area (Å²) < 4.78 is 0. The molecule has 4 rings (SSSR count). The Morgan fingerprint density at radius 2 is 1.70 bits per heavy atom. The molecule has 0 unspecified atom stereocenters. The number of rotatable bonds is 5. The van der Waals surface area contributed by atoms with Crippen molar-refractivity contribution >= 4 is 5.97 Å². The van der Waals surface area contributed by atoms with Gasteiger partial charge < -0.3 is 10.2 Å². The minimum atomic E-state index is -0.592. The van der Waals surface area contributed by atoms with Crippen molar-refractivity contribution in [3.8, 4) is 0 Å². The third kappa shape index (κ3) is 3.58. The molecule has 0 saturated heterocycles. The van der Waals surface area contributed by atoms with Crippen LogP contribution in [-0.2, 0) is 4.79 Å². The molecule has 0 aromatic heterocycles. The van der Waals surface area contributed by atoms with Gasteiger partial charge in [0.25, 0.3) is 0 Å². The number of carboxylic acids is 1. The zero-order valence-corrected chi connectivity index (χ0v) is 22.3. The predicted molar refractivity (Wildman–Crippen MR) is 135 cm³/mol. The Morgan fingerprint density at radius 3 is 2.33 bits per heavy atom. The van der Waals surface area contributed by atoms with Crippen molar-refractivity contribution < 1.29 is 15.0 Å². The highest BCUT2D eigenvalue weighted by Crippen LogP contribution is 2.72. The number of aliphatic carboxylic acids is 1. The first-order chi connectivity index (χ1) is 15.3. The molecule has 186 valence electrons. The fourth-order valence-electron chi connectivity index (χ4n) is 9.41. The van der Waals surface area contributed by atoms with Gasteiger partial charge in [0.05, 0.1) is 12.0 Å². The zero-order chi connectivity index (χ0) is 24.4. The maximum Gasteiger partial charge on any atom is 0.306 e. The molecule has 0 aromatic rings. The van der Waals surface area contributed by atoms with Gasteiger partial charge in [-0.1, -0.05) is 57.4 Å². The largest absolute Gasteiger partial charge is 0.481 e. The summed E-state index contributed by atoms with van der Waals surface area (Å²) in [7, 11) is 0. The van der Waals surface area contributed by atoms with Crippen LogP contribution in [0.15, 0.2) is 22.8 Å². The van der Waals surface area contributed by atoms with E-state index in [0.29, 0.717) is 5.92 Å². The van der Waals surface area contributed by atoms with Gasteiger partial charge in [-0.2, -0.15) is 0 Å². The molecule has 3 heteroatoms. The van der Waals surface area contributed by atoms with Crippen molar-refractivity contribution in [3.63, 3.8) is 0 Å². The Kier molecular flexibility index (Phi) is 6.25. The molecule has 0 amide bonds. The van der Waals surface area contributed by atoms with Crippen LogP contribution in [0.2, 0.25) is 0 Å². The van der Waals surface area contributed by atoms with E-state index in [2.05, 4.69) is 54.5 Å². The third-order valence-corrected chi connectivity index (χ3v) is 11.6. The Hall–Kier alpha value is -1.09. The lowest BCUT2D eigenvalue weighted by molar-refractivity contribution is -0.146. The van der Waals surface area contributed by atoms with Crippen LogP contribution in [0.1, 0.15) is 113 Å². The van der Waals surface area contributed by atoms with E-state index < -0.39 is 5.97 Å². The summed E-state index contributed by atoms with van der Waals surface area (Å²) in [6.45, 7) is 16.2. The average Bonchev–Trinajstić information content (AvgIpc) is 3.00. The average molecular weight is 457 g/mol. The summed E-state index contributed by atoms with van der Waals surface area (Å²) in [5, 5.41) is 21.0. The number of hydrogen-bond acceptors (Lipinski definition) is 2. The van der Waals surface area contributed by atoms with E-state index in [1.807, 2.05) is 0 Å². The second-order valence-corrected chi connectivity index (χ2v) is 13.5. The van der Waals surface area contributed by atoms with E-state index in [4.69, 9.17) is 0 Å². The van der Waals surface area contributed by atoms with Gasteiger partial charge in [-0.15, -0.1) is 0 Å². The second kappa shape index (κ2) is 8.25. The highest BCUT2D eigenvalue weighted by molar-refractivity contribution is 5.70. The van der Waals surface area contributed by atoms with Gasteiger partial charge in [-0.3, -0.25) is 4.79 Å². The minimum Gasteiger partial charge on any atom is -0.481 e. The van der Waals surface area contributed by atoms with Gasteiger partial charge in [0.1, 0.15) is 0 Å². The lowest BCUT2D eigenvalue weighted by atomic mass is 9.43. The first-order valence-electron chi connectivity index (χ1n) is 13.6. The van der Waals surface area contributed by atoms with E-state index in [0.717, 1.165) is 57.8 Å². The van der Waals surface area contributed by atoms with E-state index >= 15 is 0 Å². The van der Waals surface area contributed by atoms with Gasteiger partial charge in [-0.05, 0) is 112 Å². The summed E-state index contributed by atoms with van der Waals surface area (Å²) in [5.74, 6) is -0.0420. The fraction of sp³-hybridized carbons (Fsp3) is 0.833. The van der Waals surface area contributed by atoms with E-state index in [9.17, 15) is 15.0 Å². The molecule has 0 spiro atoms. The Morgan fingerprint density at radius 1 is 1.00 bits per heavy atom. The highest BCUT2D eigenvalue weighted by atomic mass is 16.4. The standard InChI is InChI=1S/C30H48O3/c1-19(2)9-8-10-20(26(32)33)21-13-17-30(7)23-11-12-24-27(3,4)25(31)15-16-28(24,5)22(23)14-18-29(21,30)6/h9,20-21,24-25,31H,8,10-18H2,1-7H3,(H,32,33)/t20-,21-,24+,25-,28+,29-,30+/m0/s1. The van der Waals surface area contributed by atoms with Crippen molar-refractivity contribution in [1.82, 2.24) is 0 Å². The quantitative estimate of drug-likeness (QED) is 0.420. The summed E-state index contributed by atoms with van der Waals surface area (Å²) in [5.41, 5.74) is 5.00. The molecular weight excluding hydrogens is 408 g/mol. The number of aliphatic hydroxyl groups excluding tert-OH is 1. The molecule has 0 heterocycles. The first-order valence-corrected chi connectivity index (χ1v) is 13.6. The molecule has 2 saturated carbocycles. The molecule has 0 aromatic carbocycles. The maximum atomic E-state index is 12.5. The monoisotopic (exact) mass is 456 g/mol. The van der Waals surface area contributed by atoms with Crippen LogP contribution < -0.4 is 0 Å². The zero-order valence-electron chi connectivity index (χ0n) is 22.3. The lowest BCUT2D eigenvalue weighted by Gasteiger charge is -2.62. The Labute approximate surface area is 202 Å². The van der Waals surface area contributed by atoms with Crippen molar-refractivity contribution in [3.05, 3.63) is 22.8 Å². The molecule has 3 nitrogen and oxygen atoms in total. The minimum absolute atomic E-state index is 0.0370. The normalized spacial score (nSPS) is 42.7. The SMILES string of the molecule is CC(C)=CCC[C@H](C(=O)O)[C@@H]1CC[C@]2(C)C3=C(CC[C@@]12C)[C@@]1(C)CC[C@H](O)C(C)(C)[C@H]1CC3. The van der Waals surface area contributed by atoms with Gasteiger partial charge >= 0.3 is 5.97 Å². The van der Waals surface area contributed by atoms with E-state index in [1.54, 1.807) is 11.1 Å². The van der Waals surface area contributed by atoms with Crippen molar-refractivity contribution in [2.24, 2.45) is 39.4 Å². The van der Waals surface area contributed by atoms with Crippen LogP contribution in [0.5, 0.6) is 0 Å². The van der Waals surface area contributed by atoms with Crippen LogP contribution >= 0.6 is 0 Å². The highest BCUT2D eigenvalue weighted by Gasteiger charge is 2.64. The topological polar surface area (TPSA) is 57.5 Å². The summed E-state index contributed by atoms with van der Waals surface area (Å²) in [4.78, 5) is 12.5. The van der Waals surface area contributed by atoms with E-state index in [1.165, 1.54) is 12.0 Å². The summed E-state index contributed by atoms with van der Waals surface area (Å²) in [6, 6.07) is 0. The molecule has 2 fully saturated rings. The molecule has 4 aliphatic rings. The lowest BCUT2D eigenvalue weighted by Crippen LogP contribution is -2.55. The molecule has 0 aliphatic heterocycles. The van der Waals surface area contributed by atoms with Crippen molar-refractivity contribution in [1.29, 1.82) is 0 Å². The molecule has 0 radical (unpaired) electrons. The number of fused-ring (bicyclic) bond motifs is 4. The molecular formula is C30H48O3. The maximum absolute atomic E-state index is 12.5. The van der Waals surface area contributed by atoms with Gasteiger partial charge in [0, 0.05) is 0 Å². The molecule has 2 N–H and O–H groups in total. The van der Waals surface area contributed by atoms with Gasteiger partial charge in [0.15, 0.2) is 0 Å². The van der Waals surface area contributed by atoms with Gasteiger partial charge in [0.2, 0.25) is 0 Å². The first kappa shape index (κ1) is 25.0. The summed E-state index contributed by atoms with van der Waals surface area (Å²) >= 11 is 0. The molecule has 7 atom stereocenters. The Bertz CT molecular complexity index is 862. The fourth-order valence-corrected chi connectivity index (χ4v) is 9.41. The molecule has 0 bridgehead atoms. The second-order valence-electron chi connectivity index (χ2n) is 13.5. The van der Waals surface area contributed by atoms with Crippen LogP contribution in [0.25, 0.3) is 0 Å². The van der Waals surface area contributed by atoms with Crippen molar-refractivity contribution in [2.45, 2.75) is 119 Å². The number of allylic oxidation sites excluding steroid dienone is 4. The number of hydrogen-bond donors (Lipinski definition) is 2. The molecule has 33 heavy (non-hydrogen) atoms. The van der Waals surface area contributed by atoms with Crippen molar-refractivity contribution in [2.75, 3.05) is 0 Å². The van der Waals surface area contributed by atoms with Crippen LogP contribution in [0, 0.1) is 39.4 Å². The van der Waals surface area contributed by atoms with E-state index in [-0.39, 0.29) is 39.6 Å². The third-order valence-electron chi connectivity index (χ3n) is 11.6. The van der Waals surface area contributed by atoms with Crippen LogP contribution in [0.4, 0.5) is 0 Å². The Balaban J connectivity index is 1.69. The molecule has 4 aliphatic carbocycles. The van der Waals surface area contributed by atoms with Crippen LogP contribution in [0.3, 0.4) is 0 Å². The number of aliphatic hydroxyl groups is 1.